The Hall–Kier alpha value is -2.28. The standard InChI is InChI=1S/C15H20O7/c1-20-13-8-10(7-12(18)15(13)21-2)5-6-22-14(19)4-3-11(17)9-16/h7-8,16,18H,3-6,9H2,1-2H3. The molecule has 1 rings (SSSR count). The highest BCUT2D eigenvalue weighted by atomic mass is 16.5. The number of methoxy groups -OCH3 is 2. The van der Waals surface area contributed by atoms with Crippen LogP contribution in [0.15, 0.2) is 12.1 Å². The summed E-state index contributed by atoms with van der Waals surface area (Å²) in [6.07, 6.45) is 0.288. The summed E-state index contributed by atoms with van der Waals surface area (Å²) in [4.78, 5) is 22.3. The van der Waals surface area contributed by atoms with Crippen molar-refractivity contribution in [3.8, 4) is 17.2 Å². The number of aliphatic hydroxyl groups excluding tert-OH is 1. The quantitative estimate of drug-likeness (QED) is 0.651. The molecule has 0 aliphatic rings. The van der Waals surface area contributed by atoms with Crippen LogP contribution in [-0.4, -0.2) is 49.4 Å². The fraction of sp³-hybridized carbons (Fsp3) is 0.467. The van der Waals surface area contributed by atoms with E-state index in [0.29, 0.717) is 12.2 Å². The Kier molecular flexibility index (Phi) is 7.18. The fourth-order valence-electron chi connectivity index (χ4n) is 1.82. The highest BCUT2D eigenvalue weighted by Gasteiger charge is 2.12. The number of aliphatic hydroxyl groups is 1. The van der Waals surface area contributed by atoms with Gasteiger partial charge in [-0.15, -0.1) is 0 Å². The van der Waals surface area contributed by atoms with Crippen molar-refractivity contribution < 1.29 is 34.0 Å². The van der Waals surface area contributed by atoms with Gasteiger partial charge in [0.1, 0.15) is 6.61 Å². The number of aromatic hydroxyl groups is 1. The van der Waals surface area contributed by atoms with Crippen LogP contribution in [0.25, 0.3) is 0 Å². The molecule has 0 atom stereocenters. The third-order valence-electron chi connectivity index (χ3n) is 2.96. The SMILES string of the molecule is COc1cc(CCOC(=O)CCC(=O)CO)cc(O)c1OC. The topological polar surface area (TPSA) is 102 Å². The molecule has 0 aliphatic heterocycles. The smallest absolute Gasteiger partial charge is 0.306 e. The Bertz CT molecular complexity index is 525. The van der Waals surface area contributed by atoms with E-state index in [9.17, 15) is 14.7 Å². The molecule has 0 aromatic heterocycles. The first-order chi connectivity index (χ1) is 10.5. The molecule has 1 aromatic rings. The minimum atomic E-state index is -0.571. The summed E-state index contributed by atoms with van der Waals surface area (Å²) in [7, 11) is 2.88. The minimum Gasteiger partial charge on any atom is -0.504 e. The maximum Gasteiger partial charge on any atom is 0.306 e. The molecular formula is C15H20O7. The van der Waals surface area contributed by atoms with E-state index in [1.807, 2.05) is 0 Å². The summed E-state index contributed by atoms with van der Waals surface area (Å²) in [5.74, 6) is -0.340. The maximum absolute atomic E-state index is 11.4. The van der Waals surface area contributed by atoms with Crippen molar-refractivity contribution in [3.05, 3.63) is 17.7 Å². The molecule has 22 heavy (non-hydrogen) atoms. The molecule has 0 aliphatic carbocycles. The molecule has 0 fully saturated rings. The van der Waals surface area contributed by atoms with Gasteiger partial charge in [-0.3, -0.25) is 9.59 Å². The van der Waals surface area contributed by atoms with E-state index in [1.165, 1.54) is 20.3 Å². The predicted octanol–water partition coefficient (Wildman–Crippen LogP) is 0.837. The lowest BCUT2D eigenvalue weighted by atomic mass is 10.1. The summed E-state index contributed by atoms with van der Waals surface area (Å²) in [6, 6.07) is 3.19. The van der Waals surface area contributed by atoms with Gasteiger partial charge in [-0.05, 0) is 17.7 Å². The van der Waals surface area contributed by atoms with Gasteiger partial charge in [0, 0.05) is 12.8 Å². The molecule has 2 N–H and O–H groups in total. The summed E-state index contributed by atoms with van der Waals surface area (Å²) in [5.41, 5.74) is 0.717. The van der Waals surface area contributed by atoms with Crippen LogP contribution in [0.3, 0.4) is 0 Å². The normalized spacial score (nSPS) is 10.1. The molecule has 7 nitrogen and oxygen atoms in total. The Labute approximate surface area is 128 Å². The lowest BCUT2D eigenvalue weighted by Gasteiger charge is -2.12. The second-order valence-electron chi connectivity index (χ2n) is 4.52. The summed E-state index contributed by atoms with van der Waals surface area (Å²) in [6.45, 7) is -0.459. The van der Waals surface area contributed by atoms with Crippen molar-refractivity contribution in [3.63, 3.8) is 0 Å². The van der Waals surface area contributed by atoms with Crippen molar-refractivity contribution in [1.82, 2.24) is 0 Å². The number of carbonyl (C=O) groups is 2. The largest absolute Gasteiger partial charge is 0.504 e. The van der Waals surface area contributed by atoms with Crippen molar-refractivity contribution in [1.29, 1.82) is 0 Å². The molecule has 7 heteroatoms. The van der Waals surface area contributed by atoms with E-state index in [-0.39, 0.29) is 30.9 Å². The fourth-order valence-corrected chi connectivity index (χ4v) is 1.82. The molecule has 0 amide bonds. The van der Waals surface area contributed by atoms with Gasteiger partial charge in [-0.25, -0.2) is 0 Å². The maximum atomic E-state index is 11.4. The van der Waals surface area contributed by atoms with Crippen LogP contribution in [-0.2, 0) is 20.7 Å². The third-order valence-corrected chi connectivity index (χ3v) is 2.96. The van der Waals surface area contributed by atoms with E-state index < -0.39 is 18.4 Å². The van der Waals surface area contributed by atoms with Gasteiger partial charge in [-0.2, -0.15) is 0 Å². The molecule has 0 bridgehead atoms. The lowest BCUT2D eigenvalue weighted by molar-refractivity contribution is -0.144. The molecule has 0 heterocycles. The Morgan fingerprint density at radius 2 is 1.86 bits per heavy atom. The number of carbonyl (C=O) groups excluding carboxylic acids is 2. The number of Topliss-reactive ketones (excluding diaryl/α,β-unsaturated/α-hetero) is 1. The summed E-state index contributed by atoms with van der Waals surface area (Å²) < 4.78 is 15.1. The number of ether oxygens (including phenoxy) is 3. The average Bonchev–Trinajstić information content (AvgIpc) is 2.51. The van der Waals surface area contributed by atoms with Gasteiger partial charge in [-0.1, -0.05) is 0 Å². The first-order valence-corrected chi connectivity index (χ1v) is 6.73. The molecule has 0 unspecified atom stereocenters. The first kappa shape index (κ1) is 17.8. The third kappa shape index (κ3) is 5.25. The number of rotatable bonds is 9. The van der Waals surface area contributed by atoms with Gasteiger partial charge >= 0.3 is 5.97 Å². The number of benzene rings is 1. The molecule has 122 valence electrons. The first-order valence-electron chi connectivity index (χ1n) is 6.73. The van der Waals surface area contributed by atoms with Crippen molar-refractivity contribution in [2.45, 2.75) is 19.3 Å². The predicted molar refractivity (Wildman–Crippen MR) is 77.2 cm³/mol. The van der Waals surface area contributed by atoms with Crippen molar-refractivity contribution in [2.24, 2.45) is 0 Å². The van der Waals surface area contributed by atoms with E-state index in [2.05, 4.69) is 0 Å². The van der Waals surface area contributed by atoms with Crippen molar-refractivity contribution >= 4 is 11.8 Å². The van der Waals surface area contributed by atoms with Gasteiger partial charge in [0.2, 0.25) is 5.75 Å². The van der Waals surface area contributed by atoms with Crippen LogP contribution in [0, 0.1) is 0 Å². The summed E-state index contributed by atoms with van der Waals surface area (Å²) in [5, 5.41) is 18.4. The second kappa shape index (κ2) is 8.89. The number of esters is 1. The number of hydrogen-bond donors (Lipinski definition) is 2. The minimum absolute atomic E-state index is 0.0352. The van der Waals surface area contributed by atoms with Gasteiger partial charge < -0.3 is 24.4 Å². The van der Waals surface area contributed by atoms with Crippen LogP contribution in [0.5, 0.6) is 17.2 Å². The van der Waals surface area contributed by atoms with Gasteiger partial charge in [0.05, 0.1) is 27.2 Å². The highest BCUT2D eigenvalue weighted by Crippen LogP contribution is 2.37. The number of ketones is 1. The summed E-state index contributed by atoms with van der Waals surface area (Å²) >= 11 is 0. The number of phenolic OH excluding ortho intramolecular Hbond substituents is 1. The van der Waals surface area contributed by atoms with Crippen LogP contribution < -0.4 is 9.47 Å². The Morgan fingerprint density at radius 3 is 2.45 bits per heavy atom. The second-order valence-corrected chi connectivity index (χ2v) is 4.52. The van der Waals surface area contributed by atoms with Crippen LogP contribution >= 0.6 is 0 Å². The monoisotopic (exact) mass is 312 g/mol. The van der Waals surface area contributed by atoms with Crippen LogP contribution in [0.2, 0.25) is 0 Å². The molecule has 1 aromatic carbocycles. The number of phenols is 1. The van der Waals surface area contributed by atoms with E-state index in [4.69, 9.17) is 19.3 Å². The van der Waals surface area contributed by atoms with Gasteiger partial charge in [0.25, 0.3) is 0 Å². The zero-order valence-corrected chi connectivity index (χ0v) is 12.6. The van der Waals surface area contributed by atoms with Crippen LogP contribution in [0.4, 0.5) is 0 Å². The van der Waals surface area contributed by atoms with E-state index >= 15 is 0 Å². The van der Waals surface area contributed by atoms with Crippen LogP contribution in [0.1, 0.15) is 18.4 Å². The van der Waals surface area contributed by atoms with E-state index in [0.717, 1.165) is 5.56 Å². The number of hydrogen-bond acceptors (Lipinski definition) is 7. The molecule has 0 saturated carbocycles. The zero-order chi connectivity index (χ0) is 16.5. The Balaban J connectivity index is 2.50. The molecule has 0 spiro atoms. The highest BCUT2D eigenvalue weighted by molar-refractivity contribution is 5.83. The lowest BCUT2D eigenvalue weighted by Crippen LogP contribution is -2.11. The Morgan fingerprint density at radius 1 is 1.14 bits per heavy atom. The molecule has 0 radical (unpaired) electrons. The molecule has 0 saturated heterocycles. The van der Waals surface area contributed by atoms with Crippen molar-refractivity contribution in [2.75, 3.05) is 27.4 Å². The average molecular weight is 312 g/mol. The zero-order valence-electron chi connectivity index (χ0n) is 12.6. The van der Waals surface area contributed by atoms with Gasteiger partial charge in [0.15, 0.2) is 17.3 Å². The van der Waals surface area contributed by atoms with E-state index in [1.54, 1.807) is 6.07 Å². The molecular weight excluding hydrogens is 292 g/mol.